The number of fused-ring (bicyclic) bond motifs is 1. The van der Waals surface area contributed by atoms with E-state index < -0.39 is 11.9 Å². The standard InChI is InChI=1S/C13H13N3O3/c1-15-11-5-10(3-2-8(11)6-14-15)16-7-9(13(18)19)4-12(16)17/h2-3,5-6,9H,4,7H2,1H3,(H,18,19). The molecule has 1 N–H and O–H groups in total. The number of amides is 1. The van der Waals surface area contributed by atoms with E-state index in [0.717, 1.165) is 16.6 Å². The number of hydrogen-bond donors (Lipinski definition) is 1. The molecule has 1 fully saturated rings. The maximum atomic E-state index is 11.9. The van der Waals surface area contributed by atoms with Gasteiger partial charge in [0.05, 0.1) is 17.6 Å². The van der Waals surface area contributed by atoms with Gasteiger partial charge in [-0.05, 0) is 18.2 Å². The molecule has 98 valence electrons. The van der Waals surface area contributed by atoms with Crippen LogP contribution in [0.2, 0.25) is 0 Å². The summed E-state index contributed by atoms with van der Waals surface area (Å²) in [6.45, 7) is 0.234. The van der Waals surface area contributed by atoms with Crippen LogP contribution in [0, 0.1) is 5.92 Å². The summed E-state index contributed by atoms with van der Waals surface area (Å²) in [5.41, 5.74) is 1.65. The number of carboxylic acids is 1. The zero-order chi connectivity index (χ0) is 13.6. The van der Waals surface area contributed by atoms with E-state index in [1.54, 1.807) is 10.9 Å². The SMILES string of the molecule is Cn1ncc2ccc(N3CC(C(=O)O)CC3=O)cc21. The number of hydrogen-bond acceptors (Lipinski definition) is 3. The number of aromatic nitrogens is 2. The molecule has 0 saturated carbocycles. The molecule has 0 spiro atoms. The van der Waals surface area contributed by atoms with Crippen molar-refractivity contribution >= 4 is 28.5 Å². The first-order valence-corrected chi connectivity index (χ1v) is 6.01. The third-order valence-corrected chi connectivity index (χ3v) is 3.52. The van der Waals surface area contributed by atoms with E-state index in [-0.39, 0.29) is 18.9 Å². The van der Waals surface area contributed by atoms with Gasteiger partial charge in [-0.3, -0.25) is 14.3 Å². The van der Waals surface area contributed by atoms with Crippen LogP contribution in [0.25, 0.3) is 10.9 Å². The normalized spacial score (nSPS) is 19.3. The Morgan fingerprint density at radius 3 is 2.95 bits per heavy atom. The summed E-state index contributed by atoms with van der Waals surface area (Å²) in [5, 5.41) is 14.1. The fraction of sp³-hybridized carbons (Fsp3) is 0.308. The van der Waals surface area contributed by atoms with E-state index in [4.69, 9.17) is 5.11 Å². The van der Waals surface area contributed by atoms with Crippen LogP contribution in [-0.2, 0) is 16.6 Å². The van der Waals surface area contributed by atoms with Crippen molar-refractivity contribution in [2.75, 3.05) is 11.4 Å². The van der Waals surface area contributed by atoms with Crippen molar-refractivity contribution < 1.29 is 14.7 Å². The lowest BCUT2D eigenvalue weighted by molar-refractivity contribution is -0.141. The van der Waals surface area contributed by atoms with Gasteiger partial charge in [-0.2, -0.15) is 5.10 Å². The summed E-state index contributed by atoms with van der Waals surface area (Å²) in [6, 6.07) is 5.58. The predicted molar refractivity (Wildman–Crippen MR) is 68.8 cm³/mol. The van der Waals surface area contributed by atoms with Gasteiger partial charge < -0.3 is 10.0 Å². The molecule has 1 amide bonds. The zero-order valence-corrected chi connectivity index (χ0v) is 10.4. The molecule has 6 nitrogen and oxygen atoms in total. The number of anilines is 1. The van der Waals surface area contributed by atoms with Crippen molar-refractivity contribution in [1.82, 2.24) is 9.78 Å². The van der Waals surface area contributed by atoms with Crippen LogP contribution in [-0.4, -0.2) is 33.3 Å². The Bertz CT molecular complexity index is 677. The highest BCUT2D eigenvalue weighted by atomic mass is 16.4. The second-order valence-electron chi connectivity index (χ2n) is 4.75. The topological polar surface area (TPSA) is 75.4 Å². The van der Waals surface area contributed by atoms with Crippen LogP contribution in [0.5, 0.6) is 0 Å². The van der Waals surface area contributed by atoms with Gasteiger partial charge in [0.1, 0.15) is 0 Å². The minimum atomic E-state index is -0.919. The fourth-order valence-electron chi connectivity index (χ4n) is 2.42. The lowest BCUT2D eigenvalue weighted by Crippen LogP contribution is -2.25. The van der Waals surface area contributed by atoms with Crippen LogP contribution in [0.4, 0.5) is 5.69 Å². The van der Waals surface area contributed by atoms with E-state index in [9.17, 15) is 9.59 Å². The Morgan fingerprint density at radius 1 is 1.47 bits per heavy atom. The maximum absolute atomic E-state index is 11.9. The molecule has 1 atom stereocenters. The third kappa shape index (κ3) is 1.85. The summed E-state index contributed by atoms with van der Waals surface area (Å²) in [5.74, 6) is -1.68. The summed E-state index contributed by atoms with van der Waals surface area (Å²) in [4.78, 5) is 24.4. The maximum Gasteiger partial charge on any atom is 0.308 e. The highest BCUT2D eigenvalue weighted by Gasteiger charge is 2.35. The lowest BCUT2D eigenvalue weighted by atomic mass is 10.1. The van der Waals surface area contributed by atoms with Gasteiger partial charge in [0.15, 0.2) is 0 Å². The Labute approximate surface area is 109 Å². The lowest BCUT2D eigenvalue weighted by Gasteiger charge is -2.16. The number of carboxylic acid groups (broad SMARTS) is 1. The Balaban J connectivity index is 1.98. The van der Waals surface area contributed by atoms with Gasteiger partial charge in [-0.1, -0.05) is 0 Å². The van der Waals surface area contributed by atoms with Gasteiger partial charge in [-0.15, -0.1) is 0 Å². The van der Waals surface area contributed by atoms with Crippen molar-refractivity contribution in [2.45, 2.75) is 6.42 Å². The van der Waals surface area contributed by atoms with Gasteiger partial charge in [0.2, 0.25) is 5.91 Å². The quantitative estimate of drug-likeness (QED) is 0.873. The molecule has 1 aliphatic rings. The van der Waals surface area contributed by atoms with Crippen LogP contribution in [0.15, 0.2) is 24.4 Å². The molecule has 6 heteroatoms. The molecule has 0 aliphatic carbocycles. The van der Waals surface area contributed by atoms with Crippen molar-refractivity contribution in [3.8, 4) is 0 Å². The number of nitrogens with zero attached hydrogens (tertiary/aromatic N) is 3. The second-order valence-corrected chi connectivity index (χ2v) is 4.75. The molecule has 1 unspecified atom stereocenters. The van der Waals surface area contributed by atoms with Crippen molar-refractivity contribution in [3.63, 3.8) is 0 Å². The summed E-state index contributed by atoms with van der Waals surface area (Å²) >= 11 is 0. The van der Waals surface area contributed by atoms with Crippen LogP contribution >= 0.6 is 0 Å². The third-order valence-electron chi connectivity index (χ3n) is 3.52. The van der Waals surface area contributed by atoms with Crippen LogP contribution in [0.1, 0.15) is 6.42 Å². The largest absolute Gasteiger partial charge is 0.481 e. The smallest absolute Gasteiger partial charge is 0.308 e. The van der Waals surface area contributed by atoms with Gasteiger partial charge >= 0.3 is 5.97 Å². The predicted octanol–water partition coefficient (Wildman–Crippen LogP) is 1.01. The van der Waals surface area contributed by atoms with Crippen LogP contribution < -0.4 is 4.90 Å². The van der Waals surface area contributed by atoms with E-state index in [2.05, 4.69) is 5.10 Å². The van der Waals surface area contributed by atoms with Crippen molar-refractivity contribution in [2.24, 2.45) is 13.0 Å². The number of carbonyl (C=O) groups excluding carboxylic acids is 1. The number of rotatable bonds is 2. The average molecular weight is 259 g/mol. The van der Waals surface area contributed by atoms with Crippen molar-refractivity contribution in [3.05, 3.63) is 24.4 Å². The Morgan fingerprint density at radius 2 is 2.26 bits per heavy atom. The zero-order valence-electron chi connectivity index (χ0n) is 10.4. The molecule has 2 heterocycles. The molecule has 19 heavy (non-hydrogen) atoms. The second kappa shape index (κ2) is 4.08. The average Bonchev–Trinajstić information content (AvgIpc) is 2.93. The van der Waals surface area contributed by atoms with E-state index >= 15 is 0 Å². The fourth-order valence-corrected chi connectivity index (χ4v) is 2.42. The number of aliphatic carboxylic acids is 1. The molecule has 2 aromatic rings. The van der Waals surface area contributed by atoms with E-state index in [1.165, 1.54) is 4.90 Å². The van der Waals surface area contributed by atoms with Crippen molar-refractivity contribution in [1.29, 1.82) is 0 Å². The highest BCUT2D eigenvalue weighted by Crippen LogP contribution is 2.27. The minimum Gasteiger partial charge on any atom is -0.481 e. The van der Waals surface area contributed by atoms with Gasteiger partial charge in [0, 0.05) is 31.1 Å². The van der Waals surface area contributed by atoms with E-state index in [1.807, 2.05) is 25.2 Å². The first-order chi connectivity index (χ1) is 9.06. The molecule has 1 aromatic carbocycles. The molecule has 0 radical (unpaired) electrons. The molecular formula is C13H13N3O3. The van der Waals surface area contributed by atoms with Gasteiger partial charge in [-0.25, -0.2) is 0 Å². The number of aryl methyl sites for hydroxylation is 1. The first kappa shape index (κ1) is 11.7. The Kier molecular flexibility index (Phi) is 2.51. The molecule has 3 rings (SSSR count). The molecule has 1 aromatic heterocycles. The number of carbonyl (C=O) groups is 2. The molecule has 1 aliphatic heterocycles. The van der Waals surface area contributed by atoms with Gasteiger partial charge in [0.25, 0.3) is 0 Å². The summed E-state index contributed by atoms with van der Waals surface area (Å²) in [7, 11) is 1.83. The molecule has 0 bridgehead atoms. The highest BCUT2D eigenvalue weighted by molar-refractivity contribution is 6.00. The van der Waals surface area contributed by atoms with E-state index in [0.29, 0.717) is 0 Å². The molecule has 1 saturated heterocycles. The minimum absolute atomic E-state index is 0.0682. The summed E-state index contributed by atoms with van der Waals surface area (Å²) in [6.07, 6.45) is 1.82. The Hall–Kier alpha value is -2.37. The number of benzene rings is 1. The molecular weight excluding hydrogens is 246 g/mol. The first-order valence-electron chi connectivity index (χ1n) is 6.01. The monoisotopic (exact) mass is 259 g/mol. The summed E-state index contributed by atoms with van der Waals surface area (Å²) < 4.78 is 1.73. The van der Waals surface area contributed by atoms with Crippen LogP contribution in [0.3, 0.4) is 0 Å².